The predicted molar refractivity (Wildman–Crippen MR) is 116 cm³/mol. The van der Waals surface area contributed by atoms with Gasteiger partial charge in [-0.1, -0.05) is 0 Å². The summed E-state index contributed by atoms with van der Waals surface area (Å²) >= 11 is 0. The number of hydrogen-bond donors (Lipinski definition) is 2. The quantitative estimate of drug-likeness (QED) is 0.548. The lowest BCUT2D eigenvalue weighted by Crippen LogP contribution is -2.31. The molecule has 3 aromatic rings. The lowest BCUT2D eigenvalue weighted by molar-refractivity contribution is -0.0173. The van der Waals surface area contributed by atoms with Gasteiger partial charge in [0.15, 0.2) is 12.5 Å². The van der Waals surface area contributed by atoms with E-state index in [0.717, 1.165) is 12.8 Å². The summed E-state index contributed by atoms with van der Waals surface area (Å²) in [6.45, 7) is 1.33. The minimum atomic E-state index is -0.475. The molecule has 1 amide bonds. The fraction of sp³-hybridized carbons (Fsp3) is 0.348. The second kappa shape index (κ2) is 8.80. The van der Waals surface area contributed by atoms with Gasteiger partial charge in [0.05, 0.1) is 24.8 Å². The van der Waals surface area contributed by atoms with Crippen LogP contribution in [0.25, 0.3) is 10.9 Å². The maximum absolute atomic E-state index is 14.2. The lowest BCUT2D eigenvalue weighted by Gasteiger charge is -2.21. The molecule has 0 saturated carbocycles. The predicted octanol–water partition coefficient (Wildman–Crippen LogP) is 3.71. The van der Waals surface area contributed by atoms with Crippen LogP contribution in [0.2, 0.25) is 0 Å². The number of nitroso groups, excluding NO2 is 1. The first-order valence-electron chi connectivity index (χ1n) is 10.7. The third-order valence-corrected chi connectivity index (χ3v) is 5.96. The van der Waals surface area contributed by atoms with Crippen molar-refractivity contribution < 1.29 is 28.5 Å². The van der Waals surface area contributed by atoms with E-state index in [9.17, 15) is 19.2 Å². The molecule has 33 heavy (non-hydrogen) atoms. The Morgan fingerprint density at radius 3 is 2.97 bits per heavy atom. The highest BCUT2D eigenvalue weighted by atomic mass is 19.1. The molecule has 9 nitrogen and oxygen atoms in total. The van der Waals surface area contributed by atoms with E-state index in [1.165, 1.54) is 16.7 Å². The Labute approximate surface area is 188 Å². The second-order valence-corrected chi connectivity index (χ2v) is 8.09. The summed E-state index contributed by atoms with van der Waals surface area (Å²) in [5.74, 6) is -0.683. The molecule has 10 heteroatoms. The average molecular weight is 455 g/mol. The third-order valence-electron chi connectivity index (χ3n) is 5.96. The number of amides is 1. The number of benzene rings is 2. The Balaban J connectivity index is 1.51. The van der Waals surface area contributed by atoms with Gasteiger partial charge in [-0.2, -0.15) is 0 Å². The Bertz CT molecular complexity index is 1230. The molecule has 1 fully saturated rings. The Hall–Kier alpha value is -3.50. The van der Waals surface area contributed by atoms with Crippen LogP contribution in [0.1, 0.15) is 34.3 Å². The first-order valence-corrected chi connectivity index (χ1v) is 10.7. The molecule has 2 N–H and O–H groups in total. The fourth-order valence-corrected chi connectivity index (χ4v) is 4.37. The number of fused-ring (bicyclic) bond motifs is 2. The highest BCUT2D eigenvalue weighted by molar-refractivity contribution is 6.02. The summed E-state index contributed by atoms with van der Waals surface area (Å²) in [6.07, 6.45) is 1.87. The maximum atomic E-state index is 14.2. The molecule has 0 aliphatic carbocycles. The van der Waals surface area contributed by atoms with Crippen molar-refractivity contribution in [2.24, 2.45) is 5.18 Å². The van der Waals surface area contributed by atoms with E-state index >= 15 is 0 Å². The fourth-order valence-electron chi connectivity index (χ4n) is 4.37. The summed E-state index contributed by atoms with van der Waals surface area (Å²) in [5.41, 5.74) is 1.63. The molecule has 1 aromatic heterocycles. The molecule has 2 aromatic carbocycles. The van der Waals surface area contributed by atoms with Crippen LogP contribution in [0.3, 0.4) is 0 Å². The summed E-state index contributed by atoms with van der Waals surface area (Å²) in [6, 6.07) is 7.34. The summed E-state index contributed by atoms with van der Waals surface area (Å²) in [7, 11) is 0. The molecular formula is C23H22FN3O6. The number of hydrogen-bond acceptors (Lipinski definition) is 7. The number of aromatic nitrogens is 1. The van der Waals surface area contributed by atoms with Crippen molar-refractivity contribution in [3.63, 3.8) is 0 Å². The molecular weight excluding hydrogens is 433 g/mol. The van der Waals surface area contributed by atoms with Gasteiger partial charge >= 0.3 is 0 Å². The molecule has 1 unspecified atom stereocenters. The SMILES string of the molecule is O=Nc1c(O)n(Cc2cc(F)cc3c2OCOC3)c2cc(C(=O)NCC3CCCO3)ccc12. The van der Waals surface area contributed by atoms with Gasteiger partial charge < -0.3 is 29.2 Å². The Kier molecular flexibility index (Phi) is 5.69. The summed E-state index contributed by atoms with van der Waals surface area (Å²) in [4.78, 5) is 24.1. The molecule has 1 saturated heterocycles. The van der Waals surface area contributed by atoms with Crippen LogP contribution in [0.4, 0.5) is 10.1 Å². The molecule has 2 aliphatic rings. The van der Waals surface area contributed by atoms with E-state index in [-0.39, 0.29) is 43.5 Å². The number of rotatable bonds is 6. The van der Waals surface area contributed by atoms with Crippen LogP contribution in [0.15, 0.2) is 35.5 Å². The number of ether oxygens (including phenoxy) is 3. The van der Waals surface area contributed by atoms with Gasteiger partial charge in [0, 0.05) is 35.2 Å². The minimum absolute atomic E-state index is 0.000383. The van der Waals surface area contributed by atoms with E-state index in [4.69, 9.17) is 14.2 Å². The second-order valence-electron chi connectivity index (χ2n) is 8.09. The highest BCUT2D eigenvalue weighted by Crippen LogP contribution is 2.40. The lowest BCUT2D eigenvalue weighted by atomic mass is 10.1. The maximum Gasteiger partial charge on any atom is 0.251 e. The zero-order chi connectivity index (χ0) is 22.9. The van der Waals surface area contributed by atoms with Gasteiger partial charge in [-0.15, -0.1) is 4.91 Å². The van der Waals surface area contributed by atoms with Crippen molar-refractivity contribution in [2.75, 3.05) is 19.9 Å². The average Bonchev–Trinajstić information content (AvgIpc) is 3.43. The van der Waals surface area contributed by atoms with Gasteiger partial charge in [-0.3, -0.25) is 4.79 Å². The summed E-state index contributed by atoms with van der Waals surface area (Å²) in [5, 5.41) is 16.9. The van der Waals surface area contributed by atoms with Crippen molar-refractivity contribution >= 4 is 22.5 Å². The van der Waals surface area contributed by atoms with Crippen LogP contribution in [-0.4, -0.2) is 41.6 Å². The van der Waals surface area contributed by atoms with Crippen molar-refractivity contribution in [1.82, 2.24) is 9.88 Å². The molecule has 0 bridgehead atoms. The van der Waals surface area contributed by atoms with Crippen LogP contribution in [0.5, 0.6) is 11.6 Å². The number of nitrogens with zero attached hydrogens (tertiary/aromatic N) is 2. The number of nitrogens with one attached hydrogen (secondary N) is 1. The molecule has 1 atom stereocenters. The van der Waals surface area contributed by atoms with Crippen LogP contribution in [0, 0.1) is 10.7 Å². The molecule has 0 radical (unpaired) electrons. The Morgan fingerprint density at radius 2 is 2.18 bits per heavy atom. The first kappa shape index (κ1) is 21.4. The standard InChI is InChI=1S/C23H22FN3O6/c24-16-6-14(21-15(7-16)11-31-12-33-21)10-27-19-8-13(3-4-18(19)20(26-30)23(27)29)22(28)25-9-17-2-1-5-32-17/h3-4,6-8,17,29H,1-2,5,9-12H2,(H,25,28). The first-order chi connectivity index (χ1) is 16.0. The van der Waals surface area contributed by atoms with E-state index in [2.05, 4.69) is 10.5 Å². The normalized spacial score (nSPS) is 17.5. The topological polar surface area (TPSA) is 111 Å². The molecule has 172 valence electrons. The van der Waals surface area contributed by atoms with Gasteiger partial charge in [-0.25, -0.2) is 4.39 Å². The van der Waals surface area contributed by atoms with Crippen molar-refractivity contribution in [3.8, 4) is 11.6 Å². The van der Waals surface area contributed by atoms with Crippen molar-refractivity contribution in [2.45, 2.75) is 32.1 Å². The van der Waals surface area contributed by atoms with E-state index in [0.29, 0.717) is 46.5 Å². The van der Waals surface area contributed by atoms with Gasteiger partial charge in [0.1, 0.15) is 11.6 Å². The van der Waals surface area contributed by atoms with Crippen LogP contribution < -0.4 is 10.1 Å². The van der Waals surface area contributed by atoms with Crippen molar-refractivity contribution in [1.29, 1.82) is 0 Å². The van der Waals surface area contributed by atoms with Gasteiger partial charge in [-0.05, 0) is 48.4 Å². The summed E-state index contributed by atoms with van der Waals surface area (Å²) < 4.78 is 31.9. The molecule has 2 aliphatic heterocycles. The van der Waals surface area contributed by atoms with Gasteiger partial charge in [0.2, 0.25) is 5.88 Å². The van der Waals surface area contributed by atoms with Crippen molar-refractivity contribution in [3.05, 3.63) is 57.7 Å². The highest BCUT2D eigenvalue weighted by Gasteiger charge is 2.23. The molecule has 3 heterocycles. The third kappa shape index (κ3) is 4.03. The van der Waals surface area contributed by atoms with Gasteiger partial charge in [0.25, 0.3) is 5.91 Å². The Morgan fingerprint density at radius 1 is 1.30 bits per heavy atom. The smallest absolute Gasteiger partial charge is 0.251 e. The number of carbonyl (C=O) groups excluding carboxylic acids is 1. The zero-order valence-electron chi connectivity index (χ0n) is 17.7. The number of carbonyl (C=O) groups is 1. The monoisotopic (exact) mass is 455 g/mol. The van der Waals surface area contributed by atoms with E-state index in [1.54, 1.807) is 18.2 Å². The molecule has 5 rings (SSSR count). The van der Waals surface area contributed by atoms with Crippen LogP contribution >= 0.6 is 0 Å². The van der Waals surface area contributed by atoms with Crippen LogP contribution in [-0.2, 0) is 22.6 Å². The van der Waals surface area contributed by atoms with E-state index < -0.39 is 5.82 Å². The largest absolute Gasteiger partial charge is 0.493 e. The minimum Gasteiger partial charge on any atom is -0.493 e. The van der Waals surface area contributed by atoms with E-state index in [1.807, 2.05) is 0 Å². The number of halogens is 1. The molecule has 0 spiro atoms. The number of aromatic hydroxyl groups is 1. The zero-order valence-corrected chi connectivity index (χ0v) is 17.7.